The van der Waals surface area contributed by atoms with E-state index in [1.807, 2.05) is 18.2 Å². The first-order valence-corrected chi connectivity index (χ1v) is 7.24. The second-order valence-corrected chi connectivity index (χ2v) is 4.65. The summed E-state index contributed by atoms with van der Waals surface area (Å²) < 4.78 is 11.0. The van der Waals surface area contributed by atoms with Crippen molar-refractivity contribution in [3.05, 3.63) is 40.4 Å². The number of hydrogen-bond donors (Lipinski definition) is 2. The Labute approximate surface area is 133 Å². The highest BCUT2D eigenvalue weighted by atomic mass is 16.5. The fourth-order valence-electron chi connectivity index (χ4n) is 1.75. The number of methoxy groups -OCH3 is 1. The molecule has 1 aromatic carbocycles. The van der Waals surface area contributed by atoms with E-state index in [1.54, 1.807) is 13.3 Å². The van der Waals surface area contributed by atoms with Crippen molar-refractivity contribution >= 4 is 12.0 Å². The summed E-state index contributed by atoms with van der Waals surface area (Å²) in [7, 11) is 1.59. The van der Waals surface area contributed by atoms with Crippen LogP contribution in [-0.4, -0.2) is 35.1 Å². The van der Waals surface area contributed by atoms with Crippen LogP contribution < -0.4 is 20.6 Å². The maximum Gasteiger partial charge on any atom is 0.363 e. The predicted octanol–water partition coefficient (Wildman–Crippen LogP) is 1.80. The van der Waals surface area contributed by atoms with Gasteiger partial charge in [0.25, 0.3) is 0 Å². The molecule has 0 saturated heterocycles. The van der Waals surface area contributed by atoms with E-state index < -0.39 is 5.69 Å². The second kappa shape index (κ2) is 8.52. The summed E-state index contributed by atoms with van der Waals surface area (Å²) in [5.41, 5.74) is 2.91. The van der Waals surface area contributed by atoms with Crippen molar-refractivity contribution in [2.75, 3.05) is 19.1 Å². The summed E-state index contributed by atoms with van der Waals surface area (Å²) in [5, 5.41) is 9.80. The Hall–Kier alpha value is -2.90. The molecule has 0 bridgehead atoms. The smallest absolute Gasteiger partial charge is 0.363 e. The molecule has 0 fully saturated rings. The first-order chi connectivity index (χ1) is 11.2. The minimum absolute atomic E-state index is 0.261. The first-order valence-electron chi connectivity index (χ1n) is 7.24. The van der Waals surface area contributed by atoms with Gasteiger partial charge in [0, 0.05) is 0 Å². The fraction of sp³-hybridized carbons (Fsp3) is 0.333. The molecular formula is C15H19N5O3. The minimum Gasteiger partial charge on any atom is -0.493 e. The van der Waals surface area contributed by atoms with Gasteiger partial charge in [-0.15, -0.1) is 0 Å². The van der Waals surface area contributed by atoms with Crippen LogP contribution in [0.2, 0.25) is 0 Å². The van der Waals surface area contributed by atoms with Crippen LogP contribution >= 0.6 is 0 Å². The Morgan fingerprint density at radius 1 is 1.39 bits per heavy atom. The zero-order valence-corrected chi connectivity index (χ0v) is 13.1. The highest BCUT2D eigenvalue weighted by Crippen LogP contribution is 2.27. The van der Waals surface area contributed by atoms with E-state index >= 15 is 0 Å². The number of benzene rings is 1. The van der Waals surface area contributed by atoms with Crippen LogP contribution in [0.5, 0.6) is 11.5 Å². The maximum absolute atomic E-state index is 11.0. The third-order valence-electron chi connectivity index (χ3n) is 2.90. The third-order valence-corrected chi connectivity index (χ3v) is 2.90. The molecular weight excluding hydrogens is 298 g/mol. The van der Waals surface area contributed by atoms with Crippen molar-refractivity contribution in [1.82, 2.24) is 15.2 Å². The molecule has 0 aliphatic heterocycles. The number of aromatic amines is 1. The minimum atomic E-state index is -0.541. The van der Waals surface area contributed by atoms with E-state index in [0.29, 0.717) is 18.1 Å². The molecule has 0 spiro atoms. The predicted molar refractivity (Wildman–Crippen MR) is 87.3 cm³/mol. The average molecular weight is 317 g/mol. The first kappa shape index (κ1) is 16.5. The molecule has 0 unspecified atom stereocenters. The lowest BCUT2D eigenvalue weighted by atomic mass is 10.2. The standard InChI is InChI=1S/C15H19N5O3/c1-3-4-7-23-12-6-5-11(8-13(12)22-2)9-16-19-14-10-17-20-15(21)18-14/h5-6,8-10H,3-4,7H2,1-2H3,(H2,18,19,20,21)/b16-9+. The molecule has 0 aliphatic rings. The van der Waals surface area contributed by atoms with Crippen molar-refractivity contribution in [2.45, 2.75) is 19.8 Å². The molecule has 1 heterocycles. The molecule has 0 saturated carbocycles. The number of H-pyrrole nitrogens is 1. The van der Waals surface area contributed by atoms with E-state index in [9.17, 15) is 4.79 Å². The van der Waals surface area contributed by atoms with Gasteiger partial charge < -0.3 is 9.47 Å². The maximum atomic E-state index is 11.0. The highest BCUT2D eigenvalue weighted by Gasteiger charge is 2.04. The number of aromatic nitrogens is 3. The average Bonchev–Trinajstić information content (AvgIpc) is 2.56. The van der Waals surface area contributed by atoms with Crippen LogP contribution in [0, 0.1) is 0 Å². The topological polar surface area (TPSA) is 101 Å². The number of unbranched alkanes of at least 4 members (excludes halogenated alkanes) is 1. The Morgan fingerprint density at radius 3 is 3.00 bits per heavy atom. The molecule has 23 heavy (non-hydrogen) atoms. The van der Waals surface area contributed by atoms with Crippen molar-refractivity contribution in [2.24, 2.45) is 5.10 Å². The van der Waals surface area contributed by atoms with Crippen LogP contribution in [0.25, 0.3) is 0 Å². The monoisotopic (exact) mass is 317 g/mol. The van der Waals surface area contributed by atoms with Gasteiger partial charge in [0.1, 0.15) is 0 Å². The molecule has 8 heteroatoms. The fourth-order valence-corrected chi connectivity index (χ4v) is 1.75. The summed E-state index contributed by atoms with van der Waals surface area (Å²) in [6.07, 6.45) is 5.02. The molecule has 2 N–H and O–H groups in total. The number of ether oxygens (including phenoxy) is 2. The quantitative estimate of drug-likeness (QED) is 0.437. The number of hydrazone groups is 1. The van der Waals surface area contributed by atoms with E-state index in [4.69, 9.17) is 9.47 Å². The van der Waals surface area contributed by atoms with Crippen LogP contribution in [-0.2, 0) is 0 Å². The molecule has 0 amide bonds. The van der Waals surface area contributed by atoms with E-state index in [-0.39, 0.29) is 5.82 Å². The van der Waals surface area contributed by atoms with Crippen molar-refractivity contribution < 1.29 is 9.47 Å². The largest absolute Gasteiger partial charge is 0.493 e. The summed E-state index contributed by atoms with van der Waals surface area (Å²) in [4.78, 5) is 14.7. The van der Waals surface area contributed by atoms with E-state index in [0.717, 1.165) is 18.4 Å². The summed E-state index contributed by atoms with van der Waals surface area (Å²) in [6, 6.07) is 5.51. The number of hydrogen-bond acceptors (Lipinski definition) is 7. The Morgan fingerprint density at radius 2 is 2.26 bits per heavy atom. The van der Waals surface area contributed by atoms with Gasteiger partial charge >= 0.3 is 5.69 Å². The molecule has 8 nitrogen and oxygen atoms in total. The molecule has 2 rings (SSSR count). The molecule has 1 aromatic heterocycles. The van der Waals surface area contributed by atoms with E-state index in [2.05, 4.69) is 32.6 Å². The second-order valence-electron chi connectivity index (χ2n) is 4.65. The van der Waals surface area contributed by atoms with Gasteiger partial charge in [-0.3, -0.25) is 5.43 Å². The summed E-state index contributed by atoms with van der Waals surface area (Å²) in [6.45, 7) is 2.77. The Bertz CT molecular complexity index is 714. The number of rotatable bonds is 8. The lowest BCUT2D eigenvalue weighted by Gasteiger charge is -2.10. The van der Waals surface area contributed by atoms with Crippen molar-refractivity contribution in [1.29, 1.82) is 0 Å². The van der Waals surface area contributed by atoms with Gasteiger partial charge in [-0.25, -0.2) is 9.89 Å². The van der Waals surface area contributed by atoms with Crippen LogP contribution in [0.15, 0.2) is 34.3 Å². The number of nitrogens with zero attached hydrogens (tertiary/aromatic N) is 3. The van der Waals surface area contributed by atoms with Gasteiger partial charge in [0.2, 0.25) is 0 Å². The van der Waals surface area contributed by atoms with Crippen LogP contribution in [0.1, 0.15) is 25.3 Å². The molecule has 122 valence electrons. The normalized spacial score (nSPS) is 10.7. The molecule has 2 aromatic rings. The number of anilines is 1. The van der Waals surface area contributed by atoms with E-state index in [1.165, 1.54) is 6.20 Å². The van der Waals surface area contributed by atoms with Crippen molar-refractivity contribution in [3.63, 3.8) is 0 Å². The highest BCUT2D eigenvalue weighted by molar-refractivity contribution is 5.81. The summed E-state index contributed by atoms with van der Waals surface area (Å²) in [5.74, 6) is 1.60. The van der Waals surface area contributed by atoms with Gasteiger partial charge in [0.15, 0.2) is 17.3 Å². The SMILES string of the molecule is CCCCOc1ccc(/C=N/Nc2cn[nH]c(=O)n2)cc1OC. The Balaban J connectivity index is 2.02. The Kier molecular flexibility index (Phi) is 6.10. The van der Waals surface area contributed by atoms with Crippen LogP contribution in [0.3, 0.4) is 0 Å². The third kappa shape index (κ3) is 5.10. The van der Waals surface area contributed by atoms with Crippen molar-refractivity contribution in [3.8, 4) is 11.5 Å². The van der Waals surface area contributed by atoms with Gasteiger partial charge in [-0.2, -0.15) is 15.2 Å². The van der Waals surface area contributed by atoms with Gasteiger partial charge in [0.05, 0.1) is 26.1 Å². The number of nitrogens with one attached hydrogen (secondary N) is 2. The van der Waals surface area contributed by atoms with Gasteiger partial charge in [-0.05, 0) is 30.2 Å². The lowest BCUT2D eigenvalue weighted by Crippen LogP contribution is -2.13. The summed E-state index contributed by atoms with van der Waals surface area (Å²) >= 11 is 0. The van der Waals surface area contributed by atoms with Gasteiger partial charge in [-0.1, -0.05) is 13.3 Å². The molecule has 0 aliphatic carbocycles. The van der Waals surface area contributed by atoms with Crippen LogP contribution in [0.4, 0.5) is 5.82 Å². The lowest BCUT2D eigenvalue weighted by molar-refractivity contribution is 0.288. The zero-order valence-electron chi connectivity index (χ0n) is 13.1. The zero-order chi connectivity index (χ0) is 16.5. The molecule has 0 radical (unpaired) electrons. The molecule has 0 atom stereocenters.